The lowest BCUT2D eigenvalue weighted by atomic mass is 9.49. The van der Waals surface area contributed by atoms with E-state index in [0.29, 0.717) is 29.6 Å². The number of hydrogen-bond acceptors (Lipinski definition) is 9. The number of carbonyl (C=O) groups excluding carboxylic acids is 5. The molecule has 5 N–H and O–H groups in total. The Morgan fingerprint density at radius 1 is 1.12 bits per heavy atom. The van der Waals surface area contributed by atoms with Crippen LogP contribution in [0.1, 0.15) is 74.4 Å². The molecule has 10 nitrogen and oxygen atoms in total. The van der Waals surface area contributed by atoms with Gasteiger partial charge in [-0.25, -0.2) is 0 Å². The molecule has 6 atom stereocenters. The molecule has 42 heavy (non-hydrogen) atoms. The molecule has 1 aromatic rings. The number of nitrogens with one attached hydrogen (secondary N) is 1. The molecule has 0 spiro atoms. The second-order valence-electron chi connectivity index (χ2n) is 13.6. The van der Waals surface area contributed by atoms with E-state index in [1.807, 2.05) is 25.1 Å². The van der Waals surface area contributed by atoms with Gasteiger partial charge in [-0.15, -0.1) is 0 Å². The largest absolute Gasteiger partial charge is 0.507 e. The van der Waals surface area contributed by atoms with Crippen LogP contribution in [0.5, 0.6) is 5.75 Å². The van der Waals surface area contributed by atoms with Crippen molar-refractivity contribution >= 4 is 34.7 Å². The zero-order valence-electron chi connectivity index (χ0n) is 25.1. The van der Waals surface area contributed by atoms with E-state index in [9.17, 15) is 34.2 Å². The molecule has 0 bridgehead atoms. The minimum Gasteiger partial charge on any atom is -0.507 e. The molecule has 10 heteroatoms. The third-order valence-electron chi connectivity index (χ3n) is 10.4. The number of aliphatic hydroxyl groups is 1. The van der Waals surface area contributed by atoms with Crippen LogP contribution >= 0.6 is 0 Å². The third-order valence-corrected chi connectivity index (χ3v) is 10.4. The van der Waals surface area contributed by atoms with Crippen LogP contribution in [0.3, 0.4) is 0 Å². The Kier molecular flexibility index (Phi) is 7.85. The van der Waals surface area contributed by atoms with Crippen molar-refractivity contribution in [3.05, 3.63) is 22.8 Å². The summed E-state index contributed by atoms with van der Waals surface area (Å²) in [7, 11) is 3.70. The van der Waals surface area contributed by atoms with Gasteiger partial charge in [0, 0.05) is 49.8 Å². The number of phenolic OH excluding ortho intramolecular Hbond substituents is 1. The van der Waals surface area contributed by atoms with Crippen molar-refractivity contribution in [1.29, 1.82) is 0 Å². The molecular weight excluding hydrogens is 538 g/mol. The molecule has 0 radical (unpaired) electrons. The maximum Gasteiger partial charge on any atom is 0.235 e. The maximum atomic E-state index is 14.2. The van der Waals surface area contributed by atoms with E-state index < -0.39 is 64.2 Å². The van der Waals surface area contributed by atoms with Crippen molar-refractivity contribution in [2.45, 2.75) is 77.5 Å². The normalized spacial score (nSPS) is 34.6. The van der Waals surface area contributed by atoms with Gasteiger partial charge in [-0.3, -0.25) is 24.0 Å². The zero-order valence-corrected chi connectivity index (χ0v) is 25.1. The van der Waals surface area contributed by atoms with Crippen molar-refractivity contribution in [1.82, 2.24) is 5.32 Å². The molecule has 0 heterocycles. The van der Waals surface area contributed by atoms with Gasteiger partial charge >= 0.3 is 0 Å². The Morgan fingerprint density at radius 3 is 2.33 bits per heavy atom. The number of fused-ring (bicyclic) bond motifs is 3. The molecular formula is C32H43N3O7. The fourth-order valence-corrected chi connectivity index (χ4v) is 8.21. The summed E-state index contributed by atoms with van der Waals surface area (Å²) in [5.41, 5.74) is 4.67. The molecule has 3 fully saturated rings. The summed E-state index contributed by atoms with van der Waals surface area (Å²) in [5, 5.41) is 26.8. The summed E-state index contributed by atoms with van der Waals surface area (Å²) in [6, 6.07) is 2.18. The van der Waals surface area contributed by atoms with E-state index in [1.165, 1.54) is 0 Å². The Labute approximate surface area is 246 Å². The summed E-state index contributed by atoms with van der Waals surface area (Å²) in [5.74, 6) is -10.6. The molecule has 0 aliphatic heterocycles. The number of hydrogen-bond donors (Lipinski definition) is 4. The van der Waals surface area contributed by atoms with Crippen LogP contribution < -0.4 is 16.0 Å². The number of carbonyl (C=O) groups is 5. The minimum atomic E-state index is -2.69. The summed E-state index contributed by atoms with van der Waals surface area (Å²) in [4.78, 5) is 69.1. The smallest absolute Gasteiger partial charge is 0.235 e. The number of rotatable bonds is 6. The fourth-order valence-electron chi connectivity index (χ4n) is 8.21. The van der Waals surface area contributed by atoms with Gasteiger partial charge in [-0.05, 0) is 67.9 Å². The first-order valence-corrected chi connectivity index (χ1v) is 15.2. The van der Waals surface area contributed by atoms with Gasteiger partial charge in [-0.1, -0.05) is 20.8 Å². The summed E-state index contributed by atoms with van der Waals surface area (Å²) in [6.07, 6.45) is 4.65. The van der Waals surface area contributed by atoms with Gasteiger partial charge in [0.15, 0.2) is 34.7 Å². The van der Waals surface area contributed by atoms with E-state index in [2.05, 4.69) is 12.2 Å². The first-order valence-electron chi connectivity index (χ1n) is 15.2. The average molecular weight is 582 g/mol. The predicted molar refractivity (Wildman–Crippen MR) is 155 cm³/mol. The first kappa shape index (κ1) is 30.4. The van der Waals surface area contributed by atoms with E-state index in [-0.39, 0.29) is 30.1 Å². The lowest BCUT2D eigenvalue weighted by Gasteiger charge is -2.52. The number of primary amides is 1. The van der Waals surface area contributed by atoms with Crippen LogP contribution in [0, 0.1) is 41.4 Å². The van der Waals surface area contributed by atoms with Gasteiger partial charge < -0.3 is 26.2 Å². The zero-order chi connectivity index (χ0) is 30.8. The second-order valence-corrected chi connectivity index (χ2v) is 13.6. The van der Waals surface area contributed by atoms with E-state index in [4.69, 9.17) is 5.73 Å². The summed E-state index contributed by atoms with van der Waals surface area (Å²) in [6.45, 7) is 6.06. The third kappa shape index (κ3) is 4.58. The van der Waals surface area contributed by atoms with Crippen molar-refractivity contribution in [3.63, 3.8) is 0 Å². The number of benzene rings is 1. The number of aromatic hydroxyl groups is 1. The number of amides is 1. The highest BCUT2D eigenvalue weighted by Crippen LogP contribution is 2.54. The second kappa shape index (κ2) is 10.9. The van der Waals surface area contributed by atoms with Crippen molar-refractivity contribution in [2.75, 3.05) is 19.0 Å². The number of nitrogens with two attached hydrogens (primary N) is 1. The van der Waals surface area contributed by atoms with Crippen LogP contribution in [0.2, 0.25) is 0 Å². The van der Waals surface area contributed by atoms with Crippen molar-refractivity contribution < 1.29 is 34.2 Å². The quantitative estimate of drug-likeness (QED) is 0.367. The van der Waals surface area contributed by atoms with Crippen LogP contribution in [-0.4, -0.2) is 65.0 Å². The first-order chi connectivity index (χ1) is 19.7. The highest BCUT2D eigenvalue weighted by molar-refractivity contribution is 6.32. The van der Waals surface area contributed by atoms with Crippen LogP contribution in [0.4, 0.5) is 5.69 Å². The Morgan fingerprint density at radius 2 is 1.76 bits per heavy atom. The van der Waals surface area contributed by atoms with Gasteiger partial charge in [0.05, 0.1) is 11.5 Å². The molecule has 4 aliphatic rings. The lowest BCUT2D eigenvalue weighted by Crippen LogP contribution is -2.71. The van der Waals surface area contributed by atoms with Crippen LogP contribution in [-0.2, 0) is 32.1 Å². The number of ketones is 4. The number of anilines is 1. The molecule has 0 aromatic heterocycles. The molecule has 0 saturated heterocycles. The van der Waals surface area contributed by atoms with Gasteiger partial charge in [0.25, 0.3) is 0 Å². The monoisotopic (exact) mass is 581 g/mol. The Balaban J connectivity index is 1.55. The number of Topliss-reactive ketones (excluding diaryl/α,β-unsaturated/α-hetero) is 4. The van der Waals surface area contributed by atoms with E-state index >= 15 is 0 Å². The Bertz CT molecular complexity index is 1350. The van der Waals surface area contributed by atoms with Crippen LogP contribution in [0.25, 0.3) is 0 Å². The molecule has 3 saturated carbocycles. The number of phenols is 1. The standard InChI is InChI=1S/C32H43N3O7/c1-14(2)22-20-11-16-10-19-21(35(4)5)12-17(13-34-18-8-6-15(3)7-9-18)26(36)24(19)28(38)23(16)29(39)32(20,42)30(40)25(27(22)37)31(33)41/h12,14-16,18,20,22-23,25,34,36,42H,6-11,13H2,1-5H3,(H2,33,41)/t15?,16-,18?,20-,22-,23?,25?,32-/m0/s1. The summed E-state index contributed by atoms with van der Waals surface area (Å²) >= 11 is 0. The van der Waals surface area contributed by atoms with Crippen molar-refractivity contribution in [3.8, 4) is 5.75 Å². The van der Waals surface area contributed by atoms with Crippen molar-refractivity contribution in [2.24, 2.45) is 47.2 Å². The van der Waals surface area contributed by atoms with Gasteiger partial charge in [0.1, 0.15) is 5.75 Å². The molecule has 1 aromatic carbocycles. The highest BCUT2D eigenvalue weighted by atomic mass is 16.3. The van der Waals surface area contributed by atoms with Gasteiger partial charge in [0.2, 0.25) is 5.91 Å². The fraction of sp³-hybridized carbons (Fsp3) is 0.656. The Hall–Kier alpha value is -3.11. The molecule has 228 valence electrons. The lowest BCUT2D eigenvalue weighted by molar-refractivity contribution is -0.182. The minimum absolute atomic E-state index is 0.0399. The number of nitrogens with zero attached hydrogens (tertiary/aromatic N) is 1. The van der Waals surface area contributed by atoms with E-state index in [1.54, 1.807) is 13.8 Å². The average Bonchev–Trinajstić information content (AvgIpc) is 2.90. The van der Waals surface area contributed by atoms with Gasteiger partial charge in [-0.2, -0.15) is 0 Å². The summed E-state index contributed by atoms with van der Waals surface area (Å²) < 4.78 is 0. The highest BCUT2D eigenvalue weighted by Gasteiger charge is 2.69. The van der Waals surface area contributed by atoms with Crippen LogP contribution in [0.15, 0.2) is 6.07 Å². The topological polar surface area (TPSA) is 167 Å². The molecule has 2 unspecified atom stereocenters. The SMILES string of the molecule is CC1CCC(NCc2cc(N(C)C)c3c(c2O)C(=O)C2C(=O)[C@]4(O)C(=O)C(C(N)=O)C(=O)[C@@H](C(C)C)[C@@H]4C[C@@H]2C3)CC1. The molecule has 5 rings (SSSR count). The maximum absolute atomic E-state index is 14.2. The molecule has 4 aliphatic carbocycles. The molecule has 1 amide bonds. The predicted octanol–water partition coefficient (Wildman–Crippen LogP) is 1.94. The van der Waals surface area contributed by atoms with E-state index in [0.717, 1.165) is 31.4 Å².